The molecule has 0 aliphatic heterocycles. The van der Waals surface area contributed by atoms with E-state index in [0.717, 1.165) is 33.2 Å². The van der Waals surface area contributed by atoms with E-state index in [2.05, 4.69) is 11.1 Å². The van der Waals surface area contributed by atoms with Gasteiger partial charge in [-0.15, -0.1) is 0 Å². The van der Waals surface area contributed by atoms with Gasteiger partial charge in [0.25, 0.3) is 0 Å². The van der Waals surface area contributed by atoms with Crippen LogP contribution in [0.4, 0.5) is 4.39 Å². The first-order chi connectivity index (χ1) is 10.6. The molecule has 22 heavy (non-hydrogen) atoms. The number of fused-ring (bicyclic) bond motifs is 2. The number of rotatable bonds is 0. The minimum absolute atomic E-state index is 0.121. The maximum atomic E-state index is 14.1. The maximum absolute atomic E-state index is 14.1. The van der Waals surface area contributed by atoms with Crippen molar-refractivity contribution in [2.75, 3.05) is 0 Å². The molecular weight excluding hydrogens is 275 g/mol. The lowest BCUT2D eigenvalue weighted by molar-refractivity contribution is 0.597. The third-order valence-corrected chi connectivity index (χ3v) is 4.61. The van der Waals surface area contributed by atoms with Crippen molar-refractivity contribution in [3.8, 4) is 17.3 Å². The van der Waals surface area contributed by atoms with Gasteiger partial charge < -0.3 is 0 Å². The number of hydrogen-bond donors (Lipinski definition) is 0. The van der Waals surface area contributed by atoms with E-state index in [1.807, 2.05) is 38.1 Å². The topological polar surface area (TPSA) is 36.7 Å². The summed E-state index contributed by atoms with van der Waals surface area (Å²) >= 11 is 0. The first-order valence-corrected chi connectivity index (χ1v) is 7.17. The van der Waals surface area contributed by atoms with E-state index in [9.17, 15) is 9.65 Å². The van der Waals surface area contributed by atoms with Crippen LogP contribution in [0, 0.1) is 17.1 Å². The van der Waals surface area contributed by atoms with Crippen molar-refractivity contribution < 1.29 is 4.39 Å². The Hall–Kier alpha value is -2.73. The monoisotopic (exact) mass is 288 g/mol. The van der Waals surface area contributed by atoms with Crippen LogP contribution in [0.15, 0.2) is 42.6 Å². The van der Waals surface area contributed by atoms with Gasteiger partial charge in [-0.2, -0.15) is 5.26 Å². The first-order valence-electron chi connectivity index (χ1n) is 7.17. The van der Waals surface area contributed by atoms with E-state index in [4.69, 9.17) is 0 Å². The first kappa shape index (κ1) is 13.0. The highest BCUT2D eigenvalue weighted by molar-refractivity contribution is 6.01. The number of benzene rings is 2. The summed E-state index contributed by atoms with van der Waals surface area (Å²) in [6, 6.07) is 13.2. The van der Waals surface area contributed by atoms with Gasteiger partial charge in [0.05, 0.1) is 11.3 Å². The molecule has 0 unspecified atom stereocenters. The molecule has 3 heteroatoms. The fourth-order valence-electron chi connectivity index (χ4n) is 3.62. The molecule has 0 N–H and O–H groups in total. The number of hydrogen-bond acceptors (Lipinski definition) is 2. The lowest BCUT2D eigenvalue weighted by atomic mass is 9.68. The van der Waals surface area contributed by atoms with Crippen molar-refractivity contribution in [2.24, 2.45) is 0 Å². The second-order valence-electron chi connectivity index (χ2n) is 6.14. The van der Waals surface area contributed by atoms with Gasteiger partial charge in [-0.1, -0.05) is 32.0 Å². The van der Waals surface area contributed by atoms with Crippen LogP contribution in [-0.4, -0.2) is 4.98 Å². The number of nitriles is 1. The lowest BCUT2D eigenvalue weighted by Gasteiger charge is -2.35. The van der Waals surface area contributed by atoms with E-state index in [0.29, 0.717) is 0 Å². The van der Waals surface area contributed by atoms with Gasteiger partial charge in [0.2, 0.25) is 0 Å². The summed E-state index contributed by atoms with van der Waals surface area (Å²) in [5, 5.41) is 11.6. The summed E-state index contributed by atoms with van der Waals surface area (Å²) in [5.41, 5.74) is 3.18. The van der Waals surface area contributed by atoms with E-state index >= 15 is 0 Å². The number of pyridine rings is 1. The molecule has 1 aliphatic carbocycles. The van der Waals surface area contributed by atoms with Crippen LogP contribution >= 0.6 is 0 Å². The third-order valence-electron chi connectivity index (χ3n) is 4.61. The van der Waals surface area contributed by atoms with Gasteiger partial charge in [0.1, 0.15) is 11.9 Å². The fraction of sp³-hybridized carbons (Fsp3) is 0.158. The summed E-state index contributed by atoms with van der Waals surface area (Å²) in [5.74, 6) is -0.471. The molecule has 2 nitrogen and oxygen atoms in total. The Labute approximate surface area is 127 Å². The fourth-order valence-corrected chi connectivity index (χ4v) is 3.62. The van der Waals surface area contributed by atoms with Crippen LogP contribution in [0.2, 0.25) is 0 Å². The Kier molecular flexibility index (Phi) is 2.44. The second kappa shape index (κ2) is 4.14. The van der Waals surface area contributed by atoms with E-state index in [1.54, 1.807) is 12.3 Å². The molecular formula is C19H13FN2. The van der Waals surface area contributed by atoms with Crippen molar-refractivity contribution in [3.63, 3.8) is 0 Å². The molecule has 0 saturated carbocycles. The highest BCUT2D eigenvalue weighted by Crippen LogP contribution is 2.48. The highest BCUT2D eigenvalue weighted by Gasteiger charge is 2.37. The summed E-state index contributed by atoms with van der Waals surface area (Å²) in [6.07, 6.45) is 1.76. The van der Waals surface area contributed by atoms with Gasteiger partial charge in [0.15, 0.2) is 0 Å². The molecule has 106 valence electrons. The summed E-state index contributed by atoms with van der Waals surface area (Å²) in [7, 11) is 0. The Bertz CT molecular complexity index is 975. The smallest absolute Gasteiger partial charge is 0.141 e. The van der Waals surface area contributed by atoms with E-state index < -0.39 is 11.2 Å². The number of halogens is 1. The molecule has 3 aromatic rings. The van der Waals surface area contributed by atoms with Gasteiger partial charge in [-0.05, 0) is 34.7 Å². The molecule has 0 saturated heterocycles. The van der Waals surface area contributed by atoms with Gasteiger partial charge in [0, 0.05) is 22.6 Å². The quantitative estimate of drug-likeness (QED) is 0.608. The Morgan fingerprint density at radius 1 is 1.14 bits per heavy atom. The SMILES string of the molecule is CC1(C)c2c(ccc(F)c2C#N)-c2nccc3cccc1c23. The predicted octanol–water partition coefficient (Wildman–Crippen LogP) is 4.55. The number of aromatic nitrogens is 1. The van der Waals surface area contributed by atoms with Gasteiger partial charge >= 0.3 is 0 Å². The number of nitrogens with zero attached hydrogens (tertiary/aromatic N) is 2. The van der Waals surface area contributed by atoms with E-state index in [1.165, 1.54) is 6.07 Å². The molecule has 1 aromatic heterocycles. The normalized spacial score (nSPS) is 14.5. The van der Waals surface area contributed by atoms with Crippen molar-refractivity contribution in [3.05, 3.63) is 65.1 Å². The van der Waals surface area contributed by atoms with Gasteiger partial charge in [-0.25, -0.2) is 4.39 Å². The molecule has 2 aromatic carbocycles. The Morgan fingerprint density at radius 3 is 2.73 bits per heavy atom. The molecule has 0 fully saturated rings. The standard InChI is InChI=1S/C19H13FN2/c1-19(2)14-5-3-4-11-8-9-22-18(16(11)14)12-6-7-15(20)13(10-21)17(12)19/h3-9H,1-2H3. The summed E-state index contributed by atoms with van der Waals surface area (Å²) in [6.45, 7) is 4.08. The van der Waals surface area contributed by atoms with Crippen molar-refractivity contribution in [1.82, 2.24) is 4.98 Å². The maximum Gasteiger partial charge on any atom is 0.141 e. The predicted molar refractivity (Wildman–Crippen MR) is 84.0 cm³/mol. The van der Waals surface area contributed by atoms with Crippen LogP contribution in [-0.2, 0) is 5.41 Å². The molecule has 0 atom stereocenters. The van der Waals surface area contributed by atoms with Crippen LogP contribution in [0.5, 0.6) is 0 Å². The minimum atomic E-state index is -0.471. The van der Waals surface area contributed by atoms with Gasteiger partial charge in [-0.3, -0.25) is 4.98 Å². The largest absolute Gasteiger partial charge is 0.256 e. The molecule has 1 aliphatic rings. The van der Waals surface area contributed by atoms with Crippen molar-refractivity contribution in [2.45, 2.75) is 19.3 Å². The Balaban J connectivity index is 2.28. The van der Waals surface area contributed by atoms with Crippen molar-refractivity contribution in [1.29, 1.82) is 5.26 Å². The van der Waals surface area contributed by atoms with Crippen molar-refractivity contribution >= 4 is 10.8 Å². The zero-order valence-corrected chi connectivity index (χ0v) is 12.3. The van der Waals surface area contributed by atoms with Crippen LogP contribution in [0.3, 0.4) is 0 Å². The summed E-state index contributed by atoms with van der Waals surface area (Å²) < 4.78 is 14.1. The van der Waals surface area contributed by atoms with Crippen LogP contribution in [0.25, 0.3) is 22.0 Å². The molecule has 0 radical (unpaired) electrons. The molecule has 4 rings (SSSR count). The second-order valence-corrected chi connectivity index (χ2v) is 6.14. The van der Waals surface area contributed by atoms with Crippen LogP contribution < -0.4 is 0 Å². The van der Waals surface area contributed by atoms with E-state index in [-0.39, 0.29) is 5.56 Å². The molecule has 1 heterocycles. The third kappa shape index (κ3) is 1.44. The highest BCUT2D eigenvalue weighted by atomic mass is 19.1. The zero-order valence-electron chi connectivity index (χ0n) is 12.3. The average molecular weight is 288 g/mol. The molecule has 0 spiro atoms. The average Bonchev–Trinajstić information content (AvgIpc) is 2.52. The lowest BCUT2D eigenvalue weighted by Crippen LogP contribution is -2.26. The zero-order chi connectivity index (χ0) is 15.5. The molecule has 0 bridgehead atoms. The molecule has 0 amide bonds. The minimum Gasteiger partial charge on any atom is -0.256 e. The van der Waals surface area contributed by atoms with Crippen LogP contribution in [0.1, 0.15) is 30.5 Å². The summed E-state index contributed by atoms with van der Waals surface area (Å²) in [4.78, 5) is 4.52. The Morgan fingerprint density at radius 2 is 1.95 bits per heavy atom.